The van der Waals surface area contributed by atoms with Gasteiger partial charge in [-0.1, -0.05) is 33.8 Å². The van der Waals surface area contributed by atoms with Crippen molar-refractivity contribution in [1.29, 1.82) is 0 Å². The summed E-state index contributed by atoms with van der Waals surface area (Å²) in [5.74, 6) is -0.792. The zero-order chi connectivity index (χ0) is 15.1. The molecule has 108 valence electrons. The molecule has 3 heteroatoms. The second kappa shape index (κ2) is 5.04. The van der Waals surface area contributed by atoms with Gasteiger partial charge in [0, 0.05) is 11.3 Å². The van der Waals surface area contributed by atoms with Crippen LogP contribution in [0, 0.1) is 11.3 Å². The smallest absolute Gasteiger partial charge is 0.153 e. The molecule has 0 heterocycles. The van der Waals surface area contributed by atoms with Crippen LogP contribution in [0.15, 0.2) is 18.2 Å². The third-order valence-corrected chi connectivity index (χ3v) is 4.34. The van der Waals surface area contributed by atoms with Gasteiger partial charge in [0.1, 0.15) is 11.7 Å². The Labute approximate surface area is 120 Å². The van der Waals surface area contributed by atoms with Crippen LogP contribution in [0.25, 0.3) is 0 Å². The first-order chi connectivity index (χ1) is 9.27. The van der Waals surface area contributed by atoms with Crippen LogP contribution in [0.4, 0.5) is 0 Å². The Kier molecular flexibility index (Phi) is 3.72. The van der Waals surface area contributed by atoms with E-state index in [4.69, 9.17) is 0 Å². The maximum atomic E-state index is 12.7. The van der Waals surface area contributed by atoms with Crippen LogP contribution in [0.5, 0.6) is 5.75 Å². The molecule has 0 aliphatic heterocycles. The van der Waals surface area contributed by atoms with Gasteiger partial charge in [-0.05, 0) is 36.1 Å². The minimum atomic E-state index is -0.726. The number of phenolic OH excluding ortho intramolecular Hbond substituents is 1. The third kappa shape index (κ3) is 2.37. The Balaban J connectivity index is 2.56. The van der Waals surface area contributed by atoms with Crippen LogP contribution < -0.4 is 0 Å². The average Bonchev–Trinajstić information content (AvgIpc) is 2.37. The van der Waals surface area contributed by atoms with Gasteiger partial charge >= 0.3 is 0 Å². The Morgan fingerprint density at radius 1 is 1.30 bits per heavy atom. The highest BCUT2D eigenvalue weighted by molar-refractivity contribution is 6.12. The first kappa shape index (κ1) is 14.8. The van der Waals surface area contributed by atoms with Gasteiger partial charge in [0.25, 0.3) is 0 Å². The fourth-order valence-corrected chi connectivity index (χ4v) is 3.24. The normalized spacial score (nSPS) is 25.8. The van der Waals surface area contributed by atoms with Gasteiger partial charge in [-0.15, -0.1) is 0 Å². The fraction of sp³-hybridized carbons (Fsp3) is 0.529. The molecule has 1 aromatic carbocycles. The first-order valence-corrected chi connectivity index (χ1v) is 7.17. The predicted octanol–water partition coefficient (Wildman–Crippen LogP) is 3.24. The van der Waals surface area contributed by atoms with Gasteiger partial charge in [-0.3, -0.25) is 9.59 Å². The van der Waals surface area contributed by atoms with E-state index in [2.05, 4.69) is 0 Å². The van der Waals surface area contributed by atoms with Crippen molar-refractivity contribution in [3.63, 3.8) is 0 Å². The summed E-state index contributed by atoms with van der Waals surface area (Å²) in [4.78, 5) is 25.2. The fourth-order valence-electron chi connectivity index (χ4n) is 3.24. The van der Waals surface area contributed by atoms with Crippen molar-refractivity contribution in [1.82, 2.24) is 0 Å². The lowest BCUT2D eigenvalue weighted by Gasteiger charge is -2.37. The molecule has 1 aromatic rings. The number of ketones is 2. The van der Waals surface area contributed by atoms with Crippen molar-refractivity contribution in [2.45, 2.75) is 46.5 Å². The van der Waals surface area contributed by atoms with Crippen molar-refractivity contribution in [2.75, 3.05) is 0 Å². The Morgan fingerprint density at radius 3 is 2.55 bits per heavy atom. The molecule has 20 heavy (non-hydrogen) atoms. The summed E-state index contributed by atoms with van der Waals surface area (Å²) < 4.78 is 0. The van der Waals surface area contributed by atoms with Gasteiger partial charge in [0.05, 0.1) is 0 Å². The number of benzene rings is 1. The van der Waals surface area contributed by atoms with Crippen LogP contribution in [0.1, 0.15) is 51.2 Å². The second-order valence-corrected chi connectivity index (χ2v) is 6.43. The number of carbonyl (C=O) groups excluding carboxylic acids is 2. The quantitative estimate of drug-likeness (QED) is 0.842. The number of Topliss-reactive ketones (excluding diaryl/α,β-unsaturated/α-hetero) is 2. The van der Waals surface area contributed by atoms with E-state index in [1.165, 1.54) is 0 Å². The average molecular weight is 274 g/mol. The molecule has 0 radical (unpaired) electrons. The number of aryl methyl sites for hydroxylation is 1. The molecule has 0 aromatic heterocycles. The van der Waals surface area contributed by atoms with Crippen LogP contribution in [0.2, 0.25) is 0 Å². The lowest BCUT2D eigenvalue weighted by molar-refractivity contribution is -0.142. The Hall–Kier alpha value is -1.64. The third-order valence-electron chi connectivity index (χ3n) is 4.34. The molecular weight excluding hydrogens is 252 g/mol. The lowest BCUT2D eigenvalue weighted by Crippen LogP contribution is -2.43. The van der Waals surface area contributed by atoms with E-state index in [-0.39, 0.29) is 23.2 Å². The molecule has 1 saturated carbocycles. The minimum absolute atomic E-state index is 0.0189. The Morgan fingerprint density at radius 2 is 1.95 bits per heavy atom. The highest BCUT2D eigenvalue weighted by Gasteiger charge is 2.46. The van der Waals surface area contributed by atoms with Crippen LogP contribution in [-0.2, 0) is 16.0 Å². The number of aromatic hydroxyl groups is 1. The molecule has 3 nitrogen and oxygen atoms in total. The molecule has 2 rings (SSSR count). The number of phenols is 1. The van der Waals surface area contributed by atoms with Gasteiger partial charge in [-0.2, -0.15) is 0 Å². The predicted molar refractivity (Wildman–Crippen MR) is 77.8 cm³/mol. The summed E-state index contributed by atoms with van der Waals surface area (Å²) in [5, 5.41) is 9.71. The second-order valence-electron chi connectivity index (χ2n) is 6.43. The molecule has 2 unspecified atom stereocenters. The van der Waals surface area contributed by atoms with Gasteiger partial charge < -0.3 is 5.11 Å². The monoisotopic (exact) mass is 274 g/mol. The highest BCUT2D eigenvalue weighted by Crippen LogP contribution is 2.42. The van der Waals surface area contributed by atoms with E-state index in [9.17, 15) is 14.7 Å². The van der Waals surface area contributed by atoms with Crippen LogP contribution in [0.3, 0.4) is 0 Å². The SMILES string of the molecule is CCc1ccc(O)cc1C1C(=O)C(C)CC(C)(C)C1=O. The molecule has 0 saturated heterocycles. The molecule has 1 N–H and O–H groups in total. The van der Waals surface area contributed by atoms with Crippen molar-refractivity contribution < 1.29 is 14.7 Å². The molecule has 1 fully saturated rings. The van der Waals surface area contributed by atoms with E-state index in [0.717, 1.165) is 12.0 Å². The van der Waals surface area contributed by atoms with E-state index in [1.54, 1.807) is 18.2 Å². The summed E-state index contributed by atoms with van der Waals surface area (Å²) in [7, 11) is 0. The van der Waals surface area contributed by atoms with Crippen molar-refractivity contribution >= 4 is 11.6 Å². The van der Waals surface area contributed by atoms with Crippen molar-refractivity contribution in [2.24, 2.45) is 11.3 Å². The molecule has 0 amide bonds. The molecule has 2 atom stereocenters. The van der Waals surface area contributed by atoms with Crippen LogP contribution >= 0.6 is 0 Å². The summed E-state index contributed by atoms with van der Waals surface area (Å²) in [6, 6.07) is 4.99. The van der Waals surface area contributed by atoms with E-state index < -0.39 is 11.3 Å². The number of hydrogen-bond donors (Lipinski definition) is 1. The zero-order valence-electron chi connectivity index (χ0n) is 12.6. The largest absolute Gasteiger partial charge is 0.508 e. The first-order valence-electron chi connectivity index (χ1n) is 7.17. The maximum absolute atomic E-state index is 12.7. The highest BCUT2D eigenvalue weighted by atomic mass is 16.3. The molecule has 0 spiro atoms. The minimum Gasteiger partial charge on any atom is -0.508 e. The maximum Gasteiger partial charge on any atom is 0.153 e. The summed E-state index contributed by atoms with van der Waals surface area (Å²) in [6.07, 6.45) is 1.34. The van der Waals surface area contributed by atoms with Gasteiger partial charge in [-0.25, -0.2) is 0 Å². The lowest BCUT2D eigenvalue weighted by atomic mass is 9.64. The number of hydrogen-bond acceptors (Lipinski definition) is 3. The molecule has 1 aliphatic rings. The number of carbonyl (C=O) groups is 2. The van der Waals surface area contributed by atoms with Gasteiger partial charge in [0.2, 0.25) is 0 Å². The van der Waals surface area contributed by atoms with E-state index >= 15 is 0 Å². The number of rotatable bonds is 2. The van der Waals surface area contributed by atoms with E-state index in [0.29, 0.717) is 12.0 Å². The van der Waals surface area contributed by atoms with Crippen molar-refractivity contribution in [3.05, 3.63) is 29.3 Å². The Bertz CT molecular complexity index is 557. The standard InChI is InChI=1S/C17H22O3/c1-5-11-6-7-12(18)8-13(11)14-15(19)10(2)9-17(3,4)16(14)20/h6-8,10,14,18H,5,9H2,1-4H3. The zero-order valence-corrected chi connectivity index (χ0v) is 12.6. The van der Waals surface area contributed by atoms with Gasteiger partial charge in [0.15, 0.2) is 11.6 Å². The van der Waals surface area contributed by atoms with Crippen molar-refractivity contribution in [3.8, 4) is 5.75 Å². The summed E-state index contributed by atoms with van der Waals surface area (Å²) in [6.45, 7) is 7.68. The van der Waals surface area contributed by atoms with E-state index in [1.807, 2.05) is 27.7 Å². The summed E-state index contributed by atoms with van der Waals surface area (Å²) in [5.41, 5.74) is 1.15. The molecule has 1 aliphatic carbocycles. The molecule has 0 bridgehead atoms. The summed E-state index contributed by atoms with van der Waals surface area (Å²) >= 11 is 0. The molecular formula is C17H22O3. The topological polar surface area (TPSA) is 54.4 Å². The van der Waals surface area contributed by atoms with Crippen LogP contribution in [-0.4, -0.2) is 16.7 Å².